The Morgan fingerprint density at radius 1 is 0.615 bits per heavy atom. The molecule has 1 saturated carbocycles. The van der Waals surface area contributed by atoms with E-state index < -0.39 is 37.1 Å². The summed E-state index contributed by atoms with van der Waals surface area (Å²) < 4.78 is 95.1. The first-order valence-electron chi connectivity index (χ1n) is 26.5. The normalized spacial score (nSPS) is 14.8. The Hall–Kier alpha value is -6.62. The van der Waals surface area contributed by atoms with Gasteiger partial charge in [-0.3, -0.25) is 29.0 Å². The number of carbonyl (C=O) groups is 2. The van der Waals surface area contributed by atoms with Crippen LogP contribution >= 0.6 is 0 Å². The number of amides is 2. The molecule has 2 amide bonds. The molecule has 0 radical (unpaired) electrons. The van der Waals surface area contributed by atoms with E-state index in [2.05, 4.69) is 40.0 Å². The quantitative estimate of drug-likeness (QED) is 0.0662. The molecular formula is C56H74F2N10O8S2. The number of likely N-dealkylation sites (N-methyl/N-ethyl adjacent to an activating group) is 1. The van der Waals surface area contributed by atoms with E-state index >= 15 is 8.78 Å². The van der Waals surface area contributed by atoms with Crippen LogP contribution in [0.5, 0.6) is 11.8 Å². The van der Waals surface area contributed by atoms with Crippen LogP contribution in [-0.2, 0) is 41.5 Å². The topological polar surface area (TPSA) is 227 Å². The summed E-state index contributed by atoms with van der Waals surface area (Å²) in [4.78, 5) is 46.3. The fourth-order valence-electron chi connectivity index (χ4n) is 9.59. The van der Waals surface area contributed by atoms with Crippen molar-refractivity contribution in [2.75, 3.05) is 72.2 Å². The lowest BCUT2D eigenvalue weighted by Gasteiger charge is -2.37. The molecule has 3 aliphatic rings. The summed E-state index contributed by atoms with van der Waals surface area (Å²) in [5.41, 5.74) is 5.10. The lowest BCUT2D eigenvalue weighted by atomic mass is 9.64. The van der Waals surface area contributed by atoms with Gasteiger partial charge >= 0.3 is 0 Å². The summed E-state index contributed by atoms with van der Waals surface area (Å²) in [6.07, 6.45) is 13.5. The minimum Gasteiger partial charge on any atom is -0.475 e. The third kappa shape index (κ3) is 14.0. The van der Waals surface area contributed by atoms with Crippen LogP contribution in [0, 0.1) is 11.6 Å². The maximum Gasteiger partial charge on any atom is 0.238 e. The van der Waals surface area contributed by atoms with Crippen molar-refractivity contribution in [2.45, 2.75) is 118 Å². The molecule has 0 unspecified atom stereocenters. The van der Waals surface area contributed by atoms with Gasteiger partial charge in [0.2, 0.25) is 43.6 Å². The Labute approximate surface area is 457 Å². The van der Waals surface area contributed by atoms with Crippen molar-refractivity contribution < 1.29 is 44.7 Å². The molecule has 6 heterocycles. The zero-order chi connectivity index (χ0) is 57.3. The molecule has 0 atom stereocenters. The van der Waals surface area contributed by atoms with Crippen LogP contribution in [0.25, 0.3) is 44.1 Å². The molecule has 1 spiro atoms. The number of benzene rings is 2. The van der Waals surface area contributed by atoms with E-state index in [-0.39, 0.29) is 71.4 Å². The van der Waals surface area contributed by atoms with Gasteiger partial charge in [0, 0.05) is 109 Å². The van der Waals surface area contributed by atoms with E-state index in [9.17, 15) is 26.4 Å². The smallest absolute Gasteiger partial charge is 0.238 e. The molecule has 0 saturated heterocycles. The van der Waals surface area contributed by atoms with Gasteiger partial charge in [-0.25, -0.2) is 35.6 Å². The van der Waals surface area contributed by atoms with E-state index in [1.54, 1.807) is 48.4 Å². The van der Waals surface area contributed by atoms with Crippen molar-refractivity contribution in [1.82, 2.24) is 30.6 Å². The van der Waals surface area contributed by atoms with Gasteiger partial charge in [-0.1, -0.05) is 61.8 Å². The summed E-state index contributed by atoms with van der Waals surface area (Å²) >= 11 is 0. The van der Waals surface area contributed by atoms with Gasteiger partial charge in [0.15, 0.2) is 0 Å². The second-order valence-corrected chi connectivity index (χ2v) is 23.1. The van der Waals surface area contributed by atoms with E-state index in [0.717, 1.165) is 73.2 Å². The summed E-state index contributed by atoms with van der Waals surface area (Å²) in [6.45, 7) is 17.7. The van der Waals surface area contributed by atoms with Gasteiger partial charge in [-0.2, -0.15) is 0 Å². The number of anilines is 4. The molecule has 18 nitrogen and oxygen atoms in total. The number of fused-ring (bicyclic) bond motifs is 7. The molecule has 1 fully saturated rings. The predicted molar refractivity (Wildman–Crippen MR) is 307 cm³/mol. The van der Waals surface area contributed by atoms with E-state index in [0.29, 0.717) is 52.7 Å². The molecule has 2 aliphatic heterocycles. The van der Waals surface area contributed by atoms with E-state index in [4.69, 9.17) is 9.47 Å². The average molecular weight is 1120 g/mol. The molecule has 9 rings (SSSR count). The molecule has 0 bridgehead atoms. The molecule has 2 aromatic carbocycles. The molecule has 422 valence electrons. The van der Waals surface area contributed by atoms with Gasteiger partial charge in [0.25, 0.3) is 0 Å². The minimum absolute atomic E-state index is 0.0179. The van der Waals surface area contributed by atoms with Gasteiger partial charge in [-0.05, 0) is 61.9 Å². The number of hydrogen-bond acceptors (Lipinski definition) is 14. The van der Waals surface area contributed by atoms with Crippen LogP contribution in [0.15, 0.2) is 61.2 Å². The molecule has 6 aromatic rings. The maximum absolute atomic E-state index is 15.4. The highest BCUT2D eigenvalue weighted by atomic mass is 32.2. The Kier molecular flexibility index (Phi) is 20.1. The third-order valence-electron chi connectivity index (χ3n) is 13.2. The average Bonchev–Trinajstić information content (AvgIpc) is 3.90. The van der Waals surface area contributed by atoms with Crippen LogP contribution in [-0.4, -0.2) is 114 Å². The number of nitrogens with one attached hydrogen (secondary N) is 4. The summed E-state index contributed by atoms with van der Waals surface area (Å²) in [6, 6.07) is 9.67. The molecule has 22 heteroatoms. The lowest BCUT2D eigenvalue weighted by Crippen LogP contribution is -2.43. The van der Waals surface area contributed by atoms with E-state index in [1.165, 1.54) is 36.7 Å². The highest BCUT2D eigenvalue weighted by Gasteiger charge is 2.54. The fraction of sp³-hybridized carbons (Fsp3) is 0.464. The van der Waals surface area contributed by atoms with Crippen LogP contribution < -0.4 is 39.4 Å². The van der Waals surface area contributed by atoms with Crippen LogP contribution in [0.1, 0.15) is 105 Å². The Morgan fingerprint density at radius 2 is 1.08 bits per heavy atom. The van der Waals surface area contributed by atoms with Crippen molar-refractivity contribution in [3.8, 4) is 34.0 Å². The van der Waals surface area contributed by atoms with Crippen molar-refractivity contribution in [1.29, 1.82) is 0 Å². The number of aromatic nitrogens is 4. The Bertz CT molecular complexity index is 3380. The van der Waals surface area contributed by atoms with Crippen molar-refractivity contribution in [3.63, 3.8) is 0 Å². The molecular weight excluding hydrogens is 1040 g/mol. The van der Waals surface area contributed by atoms with E-state index in [1.807, 2.05) is 55.4 Å². The molecule has 1 aliphatic carbocycles. The largest absolute Gasteiger partial charge is 0.475 e. The predicted octanol–water partition coefficient (Wildman–Crippen LogP) is 9.51. The first-order valence-corrected chi connectivity index (χ1v) is 30.3. The standard InChI is InChI=1S/C26H30FN5O4S.C26H32FN5O4S.2C2H6/c1-15(2)28-8-9-36-24-21(31-37(4,34)35)10-16(13-30-24)17-11-18-20(12-19(17)27)29-14-22-23(18)26(6-5-7-26)25(33)32(22)3;1-16(2)28-9-10-36-26-23(31-37(4,34)35)11-17(14-30-26)19-12-20-18-7-5-6-8-25(33)32(3)24(18)15-29-22(20)13-21(19)27;2*1-2/h10-15,28,31H,5-9H2,1-4H3;11-16,28,31H,5-10H2,1-4H3;2*1-2H3. The zero-order valence-electron chi connectivity index (χ0n) is 46.7. The zero-order valence-corrected chi connectivity index (χ0v) is 48.4. The van der Waals surface area contributed by atoms with Crippen LogP contribution in [0.3, 0.4) is 0 Å². The van der Waals surface area contributed by atoms with Crippen molar-refractivity contribution in [2.24, 2.45) is 0 Å². The summed E-state index contributed by atoms with van der Waals surface area (Å²) in [5.74, 6) is -0.774. The highest BCUT2D eigenvalue weighted by Crippen LogP contribution is 2.55. The third-order valence-corrected chi connectivity index (χ3v) is 14.4. The molecule has 4 aromatic heterocycles. The van der Waals surface area contributed by atoms with Gasteiger partial charge in [0.05, 0.1) is 52.7 Å². The van der Waals surface area contributed by atoms with Gasteiger partial charge in [0.1, 0.15) is 36.2 Å². The fourth-order valence-corrected chi connectivity index (χ4v) is 10.7. The SMILES string of the molecule is CC.CC.CC(C)NCCOc1ncc(-c2cc3c4c(cnc3cc2F)N(C)C(=O)C42CCC2)cc1NS(C)(=O)=O.CC(C)NCCOc1ncc(-c2cc3c4c(cnc3cc2F)N(C)C(=O)CCCC4)cc1NS(C)(=O)=O. The monoisotopic (exact) mass is 1120 g/mol. The van der Waals surface area contributed by atoms with Gasteiger partial charge < -0.3 is 29.9 Å². The minimum atomic E-state index is -3.65. The number of sulfonamides is 2. The Balaban J connectivity index is 0.000000237. The Morgan fingerprint density at radius 3 is 1.54 bits per heavy atom. The second kappa shape index (κ2) is 25.9. The van der Waals surface area contributed by atoms with Crippen molar-refractivity contribution >= 4 is 76.4 Å². The number of nitrogens with zero attached hydrogens (tertiary/aromatic N) is 6. The number of ether oxygens (including phenoxy) is 2. The number of rotatable bonds is 16. The van der Waals surface area contributed by atoms with Crippen LogP contribution in [0.2, 0.25) is 0 Å². The lowest BCUT2D eigenvalue weighted by molar-refractivity contribution is -0.125. The molecule has 4 N–H and O–H groups in total. The number of halogens is 2. The van der Waals surface area contributed by atoms with Gasteiger partial charge in [-0.15, -0.1) is 0 Å². The number of hydrogen-bond donors (Lipinski definition) is 4. The number of aryl methyl sites for hydroxylation is 1. The highest BCUT2D eigenvalue weighted by molar-refractivity contribution is 7.92. The first kappa shape index (κ1) is 60.6. The summed E-state index contributed by atoms with van der Waals surface area (Å²) in [5, 5.41) is 7.88. The maximum atomic E-state index is 15.4. The number of carbonyl (C=O) groups excluding carboxylic acids is 2. The van der Waals surface area contributed by atoms with Crippen molar-refractivity contribution in [3.05, 3.63) is 83.9 Å². The second-order valence-electron chi connectivity index (χ2n) is 19.6. The first-order chi connectivity index (χ1) is 37.0. The number of pyridine rings is 4. The molecule has 78 heavy (non-hydrogen) atoms. The van der Waals surface area contributed by atoms with Crippen LogP contribution in [0.4, 0.5) is 31.5 Å². The summed E-state index contributed by atoms with van der Waals surface area (Å²) in [7, 11) is -3.82.